The van der Waals surface area contributed by atoms with Crippen LogP contribution in [-0.2, 0) is 4.79 Å². The van der Waals surface area contributed by atoms with Gasteiger partial charge in [0, 0.05) is 0 Å². The molecule has 0 fully saturated rings. The normalized spacial score (nSPS) is 8.25. The van der Waals surface area contributed by atoms with Crippen LogP contribution in [0.4, 0.5) is 4.39 Å². The summed E-state index contributed by atoms with van der Waals surface area (Å²) in [4.78, 5) is 9.95. The Hall–Kier alpha value is -0.630. The third-order valence-electron chi connectivity index (χ3n) is 0.565. The minimum absolute atomic E-state index is 0.383. The van der Waals surface area contributed by atoms with Crippen LogP contribution < -0.4 is 0 Å². The zero-order valence-electron chi connectivity index (χ0n) is 4.08. The monoisotopic (exact) mass is 134 g/mol. The summed E-state index contributed by atoms with van der Waals surface area (Å²) in [5, 5.41) is -0.905. The number of carbonyl (C=O) groups is 1. The van der Waals surface area contributed by atoms with E-state index in [2.05, 4.69) is 13.2 Å². The molecular weight excluding hydrogens is 131 g/mol. The van der Waals surface area contributed by atoms with Crippen LogP contribution in [0, 0.1) is 0 Å². The van der Waals surface area contributed by atoms with Crippen molar-refractivity contribution < 1.29 is 9.18 Å². The van der Waals surface area contributed by atoms with Gasteiger partial charge >= 0.3 is 0 Å². The molecule has 0 saturated carbocycles. The van der Waals surface area contributed by atoms with E-state index in [4.69, 9.17) is 11.6 Å². The molecule has 0 N–H and O–H groups in total. The quantitative estimate of drug-likeness (QED) is 0.320. The Morgan fingerprint density at radius 1 is 1.50 bits per heavy atom. The molecule has 0 spiro atoms. The summed E-state index contributed by atoms with van der Waals surface area (Å²) in [6.45, 7) is 5.80. The zero-order valence-corrected chi connectivity index (χ0v) is 4.83. The molecule has 0 aromatic heterocycles. The van der Waals surface area contributed by atoms with Gasteiger partial charge < -0.3 is 0 Å². The average Bonchev–Trinajstić information content (AvgIpc) is 1.64. The van der Waals surface area contributed by atoms with Gasteiger partial charge in [-0.2, -0.15) is 0 Å². The Morgan fingerprint density at radius 2 is 1.88 bits per heavy atom. The van der Waals surface area contributed by atoms with Crippen LogP contribution in [0.15, 0.2) is 24.6 Å². The van der Waals surface area contributed by atoms with E-state index in [0.717, 1.165) is 0 Å². The first-order chi connectivity index (χ1) is 3.55. The summed E-state index contributed by atoms with van der Waals surface area (Å²) >= 11 is 4.78. The van der Waals surface area contributed by atoms with Gasteiger partial charge in [-0.3, -0.25) is 4.79 Å². The van der Waals surface area contributed by atoms with Crippen molar-refractivity contribution in [1.82, 2.24) is 0 Å². The SMILES string of the molecule is C=C(F)C(=C)C(=O)Cl. The number of carbonyl (C=O) groups excluding carboxylic acids is 1. The number of hydrogen-bond acceptors (Lipinski definition) is 1. The van der Waals surface area contributed by atoms with Crippen LogP contribution in [0.25, 0.3) is 0 Å². The predicted molar refractivity (Wildman–Crippen MR) is 30.2 cm³/mol. The maximum Gasteiger partial charge on any atom is 0.254 e. The first-order valence-electron chi connectivity index (χ1n) is 1.79. The lowest BCUT2D eigenvalue weighted by Crippen LogP contribution is -1.89. The molecule has 0 aromatic carbocycles. The number of halogens is 2. The minimum atomic E-state index is -0.905. The summed E-state index contributed by atoms with van der Waals surface area (Å²) in [6, 6.07) is 0. The lowest BCUT2D eigenvalue weighted by atomic mass is 10.3. The molecule has 0 radical (unpaired) electrons. The van der Waals surface area contributed by atoms with Crippen molar-refractivity contribution in [3.05, 3.63) is 24.6 Å². The van der Waals surface area contributed by atoms with Gasteiger partial charge in [-0.05, 0) is 11.6 Å². The van der Waals surface area contributed by atoms with Crippen LogP contribution in [-0.4, -0.2) is 5.24 Å². The maximum atomic E-state index is 11.7. The van der Waals surface area contributed by atoms with E-state index >= 15 is 0 Å². The van der Waals surface area contributed by atoms with Crippen LogP contribution in [0.3, 0.4) is 0 Å². The summed E-state index contributed by atoms with van der Waals surface area (Å²) in [6.07, 6.45) is 0. The molecule has 8 heavy (non-hydrogen) atoms. The van der Waals surface area contributed by atoms with Gasteiger partial charge in [0.25, 0.3) is 5.24 Å². The number of hydrogen-bond donors (Lipinski definition) is 0. The van der Waals surface area contributed by atoms with E-state index in [1.54, 1.807) is 0 Å². The van der Waals surface area contributed by atoms with E-state index < -0.39 is 11.1 Å². The summed E-state index contributed by atoms with van der Waals surface area (Å²) < 4.78 is 11.7. The molecule has 0 atom stereocenters. The predicted octanol–water partition coefficient (Wildman–Crippen LogP) is 1.79. The Labute approximate surface area is 51.5 Å². The molecule has 0 unspecified atom stereocenters. The van der Waals surface area contributed by atoms with Gasteiger partial charge in [-0.25, -0.2) is 4.39 Å². The largest absolute Gasteiger partial charge is 0.276 e. The topological polar surface area (TPSA) is 17.1 Å². The Morgan fingerprint density at radius 3 is 1.88 bits per heavy atom. The first-order valence-corrected chi connectivity index (χ1v) is 2.17. The van der Waals surface area contributed by atoms with E-state index in [0.29, 0.717) is 0 Å². The summed E-state index contributed by atoms with van der Waals surface area (Å²) in [5.41, 5.74) is -0.383. The van der Waals surface area contributed by atoms with Gasteiger partial charge in [-0.15, -0.1) is 0 Å². The van der Waals surface area contributed by atoms with E-state index in [1.807, 2.05) is 0 Å². The van der Waals surface area contributed by atoms with Gasteiger partial charge in [0.1, 0.15) is 5.83 Å². The maximum absolute atomic E-state index is 11.7. The second-order valence-corrected chi connectivity index (χ2v) is 1.50. The highest BCUT2D eigenvalue weighted by atomic mass is 35.5. The van der Waals surface area contributed by atoms with Crippen molar-refractivity contribution in [2.45, 2.75) is 0 Å². The van der Waals surface area contributed by atoms with Gasteiger partial charge in [0.15, 0.2) is 0 Å². The molecular formula is C5H4ClFO. The molecule has 3 heteroatoms. The fourth-order valence-corrected chi connectivity index (χ4v) is 0.209. The molecule has 0 aromatic rings. The standard InChI is InChI=1S/C5H4ClFO/c1-3(4(2)7)5(6)8/h1-2H2. The second-order valence-electron chi connectivity index (χ2n) is 1.16. The van der Waals surface area contributed by atoms with Gasteiger partial charge in [0.2, 0.25) is 0 Å². The van der Waals surface area contributed by atoms with Crippen LogP contribution in [0.2, 0.25) is 0 Å². The van der Waals surface area contributed by atoms with E-state index in [9.17, 15) is 9.18 Å². The van der Waals surface area contributed by atoms with Crippen molar-refractivity contribution in [3.8, 4) is 0 Å². The highest BCUT2D eigenvalue weighted by Gasteiger charge is 2.04. The molecule has 0 rings (SSSR count). The van der Waals surface area contributed by atoms with Crippen LogP contribution >= 0.6 is 11.6 Å². The third-order valence-corrected chi connectivity index (χ3v) is 0.793. The Kier molecular flexibility index (Phi) is 2.42. The van der Waals surface area contributed by atoms with E-state index in [-0.39, 0.29) is 5.57 Å². The number of allylic oxidation sites excluding steroid dienone is 2. The van der Waals surface area contributed by atoms with Crippen molar-refractivity contribution in [1.29, 1.82) is 0 Å². The second kappa shape index (κ2) is 2.62. The molecule has 0 amide bonds. The average molecular weight is 135 g/mol. The Bertz CT molecular complexity index is 135. The van der Waals surface area contributed by atoms with E-state index in [1.165, 1.54) is 0 Å². The van der Waals surface area contributed by atoms with Crippen LogP contribution in [0.5, 0.6) is 0 Å². The lowest BCUT2D eigenvalue weighted by molar-refractivity contribution is -0.108. The fraction of sp³-hybridized carbons (Fsp3) is 0. The number of rotatable bonds is 2. The summed E-state index contributed by atoms with van der Waals surface area (Å²) in [7, 11) is 0. The Balaban J connectivity index is 4.05. The van der Waals surface area contributed by atoms with Crippen molar-refractivity contribution in [2.75, 3.05) is 0 Å². The molecule has 1 nitrogen and oxygen atoms in total. The molecule has 0 aliphatic heterocycles. The minimum Gasteiger partial charge on any atom is -0.276 e. The highest BCUT2D eigenvalue weighted by molar-refractivity contribution is 6.68. The first kappa shape index (κ1) is 7.37. The van der Waals surface area contributed by atoms with Gasteiger partial charge in [0.05, 0.1) is 5.57 Å². The van der Waals surface area contributed by atoms with Crippen molar-refractivity contribution in [2.24, 2.45) is 0 Å². The summed E-state index contributed by atoms with van der Waals surface area (Å²) in [5.74, 6) is -0.884. The molecule has 44 valence electrons. The molecule has 0 bridgehead atoms. The molecule has 0 heterocycles. The van der Waals surface area contributed by atoms with Crippen molar-refractivity contribution in [3.63, 3.8) is 0 Å². The lowest BCUT2D eigenvalue weighted by Gasteiger charge is -1.88. The molecule has 0 aliphatic carbocycles. The van der Waals surface area contributed by atoms with Gasteiger partial charge in [-0.1, -0.05) is 13.2 Å². The van der Waals surface area contributed by atoms with Crippen molar-refractivity contribution >= 4 is 16.8 Å². The fourth-order valence-electron chi connectivity index (χ4n) is 0.107. The zero-order chi connectivity index (χ0) is 6.73. The smallest absolute Gasteiger partial charge is 0.254 e. The molecule has 0 saturated heterocycles. The third kappa shape index (κ3) is 1.89. The molecule has 0 aliphatic rings. The highest BCUT2D eigenvalue weighted by Crippen LogP contribution is 2.08. The van der Waals surface area contributed by atoms with Crippen LogP contribution in [0.1, 0.15) is 0 Å².